The number of rotatable bonds is 8. The summed E-state index contributed by atoms with van der Waals surface area (Å²) in [7, 11) is 0. The van der Waals surface area contributed by atoms with Crippen LogP contribution in [0.25, 0.3) is 11.4 Å². The lowest BCUT2D eigenvalue weighted by atomic mass is 10.1. The molecule has 0 amide bonds. The van der Waals surface area contributed by atoms with Crippen molar-refractivity contribution in [2.75, 3.05) is 6.61 Å². The molecule has 1 aliphatic rings. The van der Waals surface area contributed by atoms with E-state index in [2.05, 4.69) is 24.8 Å². The van der Waals surface area contributed by atoms with Crippen molar-refractivity contribution in [3.05, 3.63) is 40.9 Å². The molecule has 0 N–H and O–H groups in total. The number of benzene rings is 1. The number of alkyl halides is 3. The van der Waals surface area contributed by atoms with Crippen LogP contribution in [0, 0.1) is 13.8 Å². The molecule has 2 heterocycles. The summed E-state index contributed by atoms with van der Waals surface area (Å²) in [5.74, 6) is 1.16. The first-order valence-electron chi connectivity index (χ1n) is 9.79. The molecule has 0 saturated heterocycles. The molecule has 7 nitrogen and oxygen atoms in total. The predicted octanol–water partition coefficient (Wildman–Crippen LogP) is 5.03. The number of halogens is 3. The Labute approximate surface area is 170 Å². The number of hydrogen-bond donors (Lipinski definition) is 0. The highest BCUT2D eigenvalue weighted by Crippen LogP contribution is 2.39. The molecule has 2 aromatic heterocycles. The van der Waals surface area contributed by atoms with E-state index in [-0.39, 0.29) is 5.82 Å². The summed E-state index contributed by atoms with van der Waals surface area (Å²) < 4.78 is 53.4. The highest BCUT2D eigenvalue weighted by molar-refractivity contribution is 5.61. The maximum Gasteiger partial charge on any atom is 0.471 e. The average Bonchev–Trinajstić information content (AvgIpc) is 3.21. The molecule has 160 valence electrons. The van der Waals surface area contributed by atoms with Crippen molar-refractivity contribution < 1.29 is 27.0 Å². The Morgan fingerprint density at radius 1 is 1.03 bits per heavy atom. The summed E-state index contributed by atoms with van der Waals surface area (Å²) in [5, 5.41) is 7.43. The molecule has 0 spiro atoms. The zero-order valence-electron chi connectivity index (χ0n) is 16.6. The molecule has 0 aliphatic heterocycles. The van der Waals surface area contributed by atoms with Gasteiger partial charge in [-0.2, -0.15) is 23.1 Å². The molecular formula is C20H21F3N4O3. The van der Waals surface area contributed by atoms with Gasteiger partial charge in [0.15, 0.2) is 5.82 Å². The Bertz CT molecular complexity index is 1000. The van der Waals surface area contributed by atoms with Crippen molar-refractivity contribution in [2.24, 2.45) is 0 Å². The molecule has 1 aromatic carbocycles. The van der Waals surface area contributed by atoms with E-state index >= 15 is 0 Å². The van der Waals surface area contributed by atoms with Crippen LogP contribution >= 0.6 is 0 Å². The van der Waals surface area contributed by atoms with Crippen LogP contribution in [-0.4, -0.2) is 26.9 Å². The van der Waals surface area contributed by atoms with E-state index in [1.165, 1.54) is 0 Å². The number of hydrogen-bond acceptors (Lipinski definition) is 7. The molecule has 0 radical (unpaired) electrons. The Morgan fingerprint density at radius 3 is 2.40 bits per heavy atom. The highest BCUT2D eigenvalue weighted by Gasteiger charge is 2.38. The molecule has 30 heavy (non-hydrogen) atoms. The Balaban J connectivity index is 1.31. The second-order valence-electron chi connectivity index (χ2n) is 7.49. The predicted molar refractivity (Wildman–Crippen MR) is 98.9 cm³/mol. The summed E-state index contributed by atoms with van der Waals surface area (Å²) in [5.41, 5.74) is 2.02. The van der Waals surface area contributed by atoms with Gasteiger partial charge in [-0.3, -0.25) is 0 Å². The third kappa shape index (κ3) is 4.63. The van der Waals surface area contributed by atoms with Gasteiger partial charge in [0.2, 0.25) is 11.7 Å². The van der Waals surface area contributed by atoms with Crippen molar-refractivity contribution in [3.8, 4) is 17.1 Å². The molecule has 0 unspecified atom stereocenters. The Hall–Kier alpha value is -2.91. The zero-order chi connectivity index (χ0) is 21.3. The van der Waals surface area contributed by atoms with Crippen LogP contribution < -0.4 is 4.74 Å². The topological polar surface area (TPSA) is 87.1 Å². The van der Waals surface area contributed by atoms with Crippen LogP contribution in [0.3, 0.4) is 0 Å². The van der Waals surface area contributed by atoms with Crippen LogP contribution in [0.15, 0.2) is 21.2 Å². The van der Waals surface area contributed by atoms with Gasteiger partial charge in [-0.1, -0.05) is 10.3 Å². The zero-order valence-corrected chi connectivity index (χ0v) is 16.6. The monoisotopic (exact) mass is 422 g/mol. The first-order valence-corrected chi connectivity index (χ1v) is 9.79. The normalized spacial score (nSPS) is 14.3. The molecule has 1 saturated carbocycles. The van der Waals surface area contributed by atoms with Crippen LogP contribution in [0.5, 0.6) is 5.75 Å². The second-order valence-corrected chi connectivity index (χ2v) is 7.49. The second kappa shape index (κ2) is 8.08. The molecule has 1 aliphatic carbocycles. The molecule has 10 heteroatoms. The smallest absolute Gasteiger partial charge is 0.471 e. The van der Waals surface area contributed by atoms with Gasteiger partial charge in [-0.05, 0) is 62.8 Å². The molecule has 1 fully saturated rings. The molecule has 3 aromatic rings. The lowest BCUT2D eigenvalue weighted by Gasteiger charge is -2.13. The standard InChI is InChI=1S/C20H21F3N4O3/c1-11-9-14(17-25-19(30-27-17)20(21,22)23)10-12(2)16(11)28-8-4-3-5-15-24-18(29-26-15)13-6-7-13/h9-10,13H,3-8H2,1-2H3. The summed E-state index contributed by atoms with van der Waals surface area (Å²) >= 11 is 0. The van der Waals surface area contributed by atoms with E-state index < -0.39 is 12.1 Å². The highest BCUT2D eigenvalue weighted by atomic mass is 19.4. The fourth-order valence-electron chi connectivity index (χ4n) is 3.19. The summed E-state index contributed by atoms with van der Waals surface area (Å²) in [6.45, 7) is 4.17. The minimum atomic E-state index is -4.67. The van der Waals surface area contributed by atoms with Gasteiger partial charge in [-0.15, -0.1) is 0 Å². The van der Waals surface area contributed by atoms with Gasteiger partial charge < -0.3 is 13.8 Å². The number of aryl methyl sites for hydroxylation is 3. The van der Waals surface area contributed by atoms with Crippen LogP contribution in [0.4, 0.5) is 13.2 Å². The number of ether oxygens (including phenoxy) is 1. The maximum atomic E-state index is 12.7. The first-order chi connectivity index (χ1) is 14.3. The molecule has 0 atom stereocenters. The van der Waals surface area contributed by atoms with Crippen LogP contribution in [-0.2, 0) is 12.6 Å². The summed E-state index contributed by atoms with van der Waals surface area (Å²) in [4.78, 5) is 7.84. The third-order valence-electron chi connectivity index (χ3n) is 4.84. The van der Waals surface area contributed by atoms with Crippen molar-refractivity contribution in [3.63, 3.8) is 0 Å². The summed E-state index contributed by atoms with van der Waals surface area (Å²) in [6, 6.07) is 3.37. The maximum absolute atomic E-state index is 12.7. The van der Waals surface area contributed by atoms with E-state index in [9.17, 15) is 13.2 Å². The lowest BCUT2D eigenvalue weighted by molar-refractivity contribution is -0.159. The summed E-state index contributed by atoms with van der Waals surface area (Å²) in [6.07, 6.45) is -0.00181. The lowest BCUT2D eigenvalue weighted by Crippen LogP contribution is -2.05. The van der Waals surface area contributed by atoms with Gasteiger partial charge in [0.05, 0.1) is 6.61 Å². The van der Waals surface area contributed by atoms with Gasteiger partial charge in [0.1, 0.15) is 5.75 Å². The van der Waals surface area contributed by atoms with Crippen molar-refractivity contribution in [1.29, 1.82) is 0 Å². The number of unbranched alkanes of at least 4 members (excludes halogenated alkanes) is 1. The van der Waals surface area contributed by atoms with Crippen LogP contribution in [0.1, 0.15) is 60.3 Å². The van der Waals surface area contributed by atoms with Gasteiger partial charge in [-0.25, -0.2) is 0 Å². The van der Waals surface area contributed by atoms with Gasteiger partial charge in [0.25, 0.3) is 0 Å². The van der Waals surface area contributed by atoms with E-state index in [0.717, 1.165) is 54.9 Å². The Kier molecular flexibility index (Phi) is 5.48. The SMILES string of the molecule is Cc1cc(-c2noc(C(F)(F)F)n2)cc(C)c1OCCCCc1noc(C2CC2)n1. The van der Waals surface area contributed by atoms with Crippen molar-refractivity contribution in [1.82, 2.24) is 20.3 Å². The van der Waals surface area contributed by atoms with Crippen molar-refractivity contribution >= 4 is 0 Å². The third-order valence-corrected chi connectivity index (χ3v) is 4.84. The minimum Gasteiger partial charge on any atom is -0.493 e. The molecule has 4 rings (SSSR count). The van der Waals surface area contributed by atoms with E-state index in [4.69, 9.17) is 9.26 Å². The fraction of sp³-hybridized carbons (Fsp3) is 0.500. The molecule has 0 bridgehead atoms. The minimum absolute atomic E-state index is 0.106. The van der Waals surface area contributed by atoms with E-state index in [0.29, 0.717) is 23.8 Å². The molecular weight excluding hydrogens is 401 g/mol. The number of aromatic nitrogens is 4. The van der Waals surface area contributed by atoms with Gasteiger partial charge in [0, 0.05) is 17.9 Å². The van der Waals surface area contributed by atoms with E-state index in [1.54, 1.807) is 12.1 Å². The van der Waals surface area contributed by atoms with Crippen molar-refractivity contribution in [2.45, 2.75) is 58.0 Å². The van der Waals surface area contributed by atoms with Gasteiger partial charge >= 0.3 is 12.1 Å². The fourth-order valence-corrected chi connectivity index (χ4v) is 3.19. The largest absolute Gasteiger partial charge is 0.493 e. The number of nitrogens with zero attached hydrogens (tertiary/aromatic N) is 4. The Morgan fingerprint density at radius 2 is 1.77 bits per heavy atom. The first kappa shape index (κ1) is 20.4. The average molecular weight is 422 g/mol. The quantitative estimate of drug-likeness (QED) is 0.470. The van der Waals surface area contributed by atoms with Crippen LogP contribution in [0.2, 0.25) is 0 Å². The van der Waals surface area contributed by atoms with E-state index in [1.807, 2.05) is 13.8 Å².